The molecule has 25 heavy (non-hydrogen) atoms. The van der Waals surface area contributed by atoms with E-state index in [0.29, 0.717) is 9.90 Å². The number of hydrogen-bond donors (Lipinski definition) is 1. The van der Waals surface area contributed by atoms with E-state index in [1.54, 1.807) is 0 Å². The molecule has 1 amide bonds. The van der Waals surface area contributed by atoms with Gasteiger partial charge < -0.3 is 10.1 Å². The fourth-order valence-electron chi connectivity index (χ4n) is 2.13. The van der Waals surface area contributed by atoms with Gasteiger partial charge in [-0.05, 0) is 38.0 Å². The van der Waals surface area contributed by atoms with Crippen molar-refractivity contribution < 1.29 is 14.3 Å². The van der Waals surface area contributed by atoms with Crippen molar-refractivity contribution in [2.45, 2.75) is 39.7 Å². The number of aryl methyl sites for hydroxylation is 2. The summed E-state index contributed by atoms with van der Waals surface area (Å²) >= 11 is 13.1. The van der Waals surface area contributed by atoms with Gasteiger partial charge in [-0.25, -0.2) is 9.78 Å². The lowest BCUT2D eigenvalue weighted by atomic mass is 10.1. The number of halogens is 2. The summed E-state index contributed by atoms with van der Waals surface area (Å²) in [5.41, 5.74) is 1.13. The second kappa shape index (κ2) is 8.65. The third-order valence-electron chi connectivity index (χ3n) is 3.44. The standard InChI is InChI=1S/C17H18Cl2N2O3S/c1-4-5-11-6-14(25-10(11)3)17(23)24-9(2)16(22)21-15-13(19)7-12(18)8-20-15/h6-9H,4-5H2,1-3H3,(H,20,21,22)/t9-/m1/s1. The Labute approximate surface area is 160 Å². The van der Waals surface area contributed by atoms with Crippen molar-refractivity contribution in [3.05, 3.63) is 43.7 Å². The number of aromatic nitrogens is 1. The average Bonchev–Trinajstić information content (AvgIpc) is 2.91. The number of thiophene rings is 1. The minimum absolute atomic E-state index is 0.163. The van der Waals surface area contributed by atoms with Crippen molar-refractivity contribution in [1.29, 1.82) is 0 Å². The van der Waals surface area contributed by atoms with Gasteiger partial charge >= 0.3 is 5.97 Å². The van der Waals surface area contributed by atoms with Crippen molar-refractivity contribution in [2.24, 2.45) is 0 Å². The highest BCUT2D eigenvalue weighted by atomic mass is 35.5. The number of carbonyl (C=O) groups excluding carboxylic acids is 2. The predicted molar refractivity (Wildman–Crippen MR) is 101 cm³/mol. The fourth-order valence-corrected chi connectivity index (χ4v) is 3.52. The van der Waals surface area contributed by atoms with Crippen LogP contribution >= 0.6 is 34.5 Å². The van der Waals surface area contributed by atoms with Crippen LogP contribution in [-0.2, 0) is 16.0 Å². The minimum atomic E-state index is -0.988. The summed E-state index contributed by atoms with van der Waals surface area (Å²) in [6.45, 7) is 5.54. The summed E-state index contributed by atoms with van der Waals surface area (Å²) in [6.07, 6.45) is 2.29. The Morgan fingerprint density at radius 1 is 1.36 bits per heavy atom. The van der Waals surface area contributed by atoms with Gasteiger partial charge in [-0.1, -0.05) is 36.5 Å². The Hall–Kier alpha value is -1.63. The van der Waals surface area contributed by atoms with Gasteiger partial charge in [0.2, 0.25) is 0 Å². The summed E-state index contributed by atoms with van der Waals surface area (Å²) < 4.78 is 5.24. The van der Waals surface area contributed by atoms with Crippen LogP contribution in [0.1, 0.15) is 40.4 Å². The fraction of sp³-hybridized carbons (Fsp3) is 0.353. The number of nitrogens with one attached hydrogen (secondary N) is 1. The van der Waals surface area contributed by atoms with Crippen LogP contribution in [0, 0.1) is 6.92 Å². The molecule has 0 unspecified atom stereocenters. The number of rotatable bonds is 6. The van der Waals surface area contributed by atoms with Gasteiger partial charge in [0.15, 0.2) is 11.9 Å². The van der Waals surface area contributed by atoms with Crippen molar-refractivity contribution in [3.63, 3.8) is 0 Å². The van der Waals surface area contributed by atoms with Gasteiger partial charge in [0.05, 0.1) is 10.0 Å². The van der Waals surface area contributed by atoms with E-state index in [-0.39, 0.29) is 10.8 Å². The van der Waals surface area contributed by atoms with Crippen molar-refractivity contribution in [3.8, 4) is 0 Å². The molecule has 1 atom stereocenters. The Morgan fingerprint density at radius 2 is 2.08 bits per heavy atom. The monoisotopic (exact) mass is 400 g/mol. The van der Waals surface area contributed by atoms with Crippen LogP contribution < -0.4 is 5.32 Å². The molecule has 2 aromatic heterocycles. The molecule has 2 rings (SSSR count). The molecule has 5 nitrogen and oxygen atoms in total. The van der Waals surface area contributed by atoms with Crippen molar-refractivity contribution >= 4 is 52.2 Å². The van der Waals surface area contributed by atoms with Crippen LogP contribution in [0.5, 0.6) is 0 Å². The van der Waals surface area contributed by atoms with E-state index in [1.807, 2.05) is 13.0 Å². The molecule has 0 spiro atoms. The highest BCUT2D eigenvalue weighted by Crippen LogP contribution is 2.25. The van der Waals surface area contributed by atoms with Gasteiger partial charge in [-0.15, -0.1) is 11.3 Å². The van der Waals surface area contributed by atoms with Crippen LogP contribution in [0.4, 0.5) is 5.82 Å². The molecule has 134 valence electrons. The van der Waals surface area contributed by atoms with E-state index in [4.69, 9.17) is 27.9 Å². The molecule has 0 aliphatic carbocycles. The number of amides is 1. The summed E-state index contributed by atoms with van der Waals surface area (Å²) in [5.74, 6) is -0.878. The summed E-state index contributed by atoms with van der Waals surface area (Å²) in [6, 6.07) is 3.29. The quantitative estimate of drug-likeness (QED) is 0.700. The lowest BCUT2D eigenvalue weighted by molar-refractivity contribution is -0.123. The Balaban J connectivity index is 2.00. The predicted octanol–water partition coefficient (Wildman–Crippen LogP) is 4.89. The first kappa shape index (κ1) is 19.7. The van der Waals surface area contributed by atoms with E-state index in [0.717, 1.165) is 23.3 Å². The Morgan fingerprint density at radius 3 is 2.72 bits per heavy atom. The second-order valence-corrected chi connectivity index (χ2v) is 7.56. The van der Waals surface area contributed by atoms with Crippen LogP contribution in [-0.4, -0.2) is 23.0 Å². The SMILES string of the molecule is CCCc1cc(C(=O)O[C@H](C)C(=O)Nc2ncc(Cl)cc2Cl)sc1C. The zero-order valence-electron chi connectivity index (χ0n) is 14.1. The first-order valence-electron chi connectivity index (χ1n) is 7.74. The Bertz CT molecular complexity index is 792. The van der Waals surface area contributed by atoms with Crippen LogP contribution in [0.3, 0.4) is 0 Å². The van der Waals surface area contributed by atoms with E-state index >= 15 is 0 Å². The van der Waals surface area contributed by atoms with Gasteiger partial charge in [0, 0.05) is 11.1 Å². The molecule has 0 radical (unpaired) electrons. The smallest absolute Gasteiger partial charge is 0.349 e. The van der Waals surface area contributed by atoms with E-state index in [9.17, 15) is 9.59 Å². The lowest BCUT2D eigenvalue weighted by Crippen LogP contribution is -2.30. The maximum absolute atomic E-state index is 12.2. The molecule has 0 saturated heterocycles. The van der Waals surface area contributed by atoms with E-state index in [1.165, 1.54) is 30.5 Å². The molecule has 0 aromatic carbocycles. The first-order chi connectivity index (χ1) is 11.8. The normalized spacial score (nSPS) is 11.9. The number of pyridine rings is 1. The molecule has 2 aromatic rings. The number of ether oxygens (including phenoxy) is 1. The molecular formula is C17H18Cl2N2O3S. The van der Waals surface area contributed by atoms with E-state index in [2.05, 4.69) is 17.2 Å². The highest BCUT2D eigenvalue weighted by Gasteiger charge is 2.22. The molecule has 1 N–H and O–H groups in total. The second-order valence-electron chi connectivity index (χ2n) is 5.46. The van der Waals surface area contributed by atoms with Crippen molar-refractivity contribution in [2.75, 3.05) is 5.32 Å². The third kappa shape index (κ3) is 5.17. The van der Waals surface area contributed by atoms with Gasteiger partial charge in [0.25, 0.3) is 5.91 Å². The topological polar surface area (TPSA) is 68.3 Å². The minimum Gasteiger partial charge on any atom is -0.448 e. The van der Waals surface area contributed by atoms with Gasteiger partial charge in [-0.2, -0.15) is 0 Å². The molecule has 0 saturated carbocycles. The highest BCUT2D eigenvalue weighted by molar-refractivity contribution is 7.14. The summed E-state index contributed by atoms with van der Waals surface area (Å²) in [7, 11) is 0. The maximum atomic E-state index is 12.2. The zero-order valence-corrected chi connectivity index (χ0v) is 16.4. The average molecular weight is 401 g/mol. The first-order valence-corrected chi connectivity index (χ1v) is 9.31. The lowest BCUT2D eigenvalue weighted by Gasteiger charge is -2.13. The molecule has 0 aliphatic heterocycles. The number of carbonyl (C=O) groups is 2. The maximum Gasteiger partial charge on any atom is 0.349 e. The van der Waals surface area contributed by atoms with Crippen LogP contribution in [0.15, 0.2) is 18.3 Å². The molecule has 8 heteroatoms. The van der Waals surface area contributed by atoms with Gasteiger partial charge in [-0.3, -0.25) is 4.79 Å². The molecule has 0 aliphatic rings. The Kier molecular flexibility index (Phi) is 6.81. The number of nitrogens with zero attached hydrogens (tertiary/aromatic N) is 1. The number of anilines is 1. The third-order valence-corrected chi connectivity index (χ3v) is 5.01. The van der Waals surface area contributed by atoms with Gasteiger partial charge in [0.1, 0.15) is 4.88 Å². The zero-order chi connectivity index (χ0) is 18.6. The van der Waals surface area contributed by atoms with Crippen LogP contribution in [0.2, 0.25) is 10.0 Å². The van der Waals surface area contributed by atoms with Crippen molar-refractivity contribution in [1.82, 2.24) is 4.98 Å². The number of esters is 1. The summed E-state index contributed by atoms with van der Waals surface area (Å²) in [4.78, 5) is 29.9. The largest absolute Gasteiger partial charge is 0.448 e. The van der Waals surface area contributed by atoms with Crippen LogP contribution in [0.25, 0.3) is 0 Å². The molecule has 2 heterocycles. The molecule has 0 bridgehead atoms. The molecule has 0 fully saturated rings. The molecular weight excluding hydrogens is 383 g/mol. The van der Waals surface area contributed by atoms with E-state index < -0.39 is 18.0 Å². The number of hydrogen-bond acceptors (Lipinski definition) is 5. The summed E-state index contributed by atoms with van der Waals surface area (Å²) in [5, 5.41) is 3.08.